The van der Waals surface area contributed by atoms with Gasteiger partial charge in [-0.3, -0.25) is 14.0 Å². The molecular weight excluding hydrogens is 330 g/mol. The molecular formula is C18H21N7O. The average molecular weight is 351 g/mol. The van der Waals surface area contributed by atoms with Crippen molar-refractivity contribution < 1.29 is 4.79 Å². The Morgan fingerprint density at radius 1 is 1.15 bits per heavy atom. The summed E-state index contributed by atoms with van der Waals surface area (Å²) in [5.41, 5.74) is 2.57. The summed E-state index contributed by atoms with van der Waals surface area (Å²) < 4.78 is 3.65. The highest BCUT2D eigenvalue weighted by atomic mass is 16.2. The van der Waals surface area contributed by atoms with Crippen molar-refractivity contribution in [1.29, 1.82) is 0 Å². The second kappa shape index (κ2) is 7.07. The summed E-state index contributed by atoms with van der Waals surface area (Å²) in [6.07, 6.45) is 8.48. The van der Waals surface area contributed by atoms with Crippen LogP contribution in [0.2, 0.25) is 0 Å². The van der Waals surface area contributed by atoms with Crippen molar-refractivity contribution in [3.05, 3.63) is 54.6 Å². The lowest BCUT2D eigenvalue weighted by Gasteiger charge is -2.32. The van der Waals surface area contributed by atoms with Gasteiger partial charge >= 0.3 is 0 Å². The second-order valence-electron chi connectivity index (χ2n) is 6.74. The van der Waals surface area contributed by atoms with E-state index in [9.17, 15) is 4.79 Å². The summed E-state index contributed by atoms with van der Waals surface area (Å²) >= 11 is 0. The van der Waals surface area contributed by atoms with E-state index >= 15 is 0 Å². The highest BCUT2D eigenvalue weighted by Crippen LogP contribution is 2.23. The SMILES string of the molecule is Cc1ccc(-n2cnnc2)c(C(=O)N2CCC(Cn3cncn3)CC2)c1. The van der Waals surface area contributed by atoms with Crippen LogP contribution in [-0.2, 0) is 6.54 Å². The Labute approximate surface area is 151 Å². The molecule has 0 spiro atoms. The van der Waals surface area contributed by atoms with E-state index in [1.54, 1.807) is 29.9 Å². The Morgan fingerprint density at radius 2 is 1.92 bits per heavy atom. The third-order valence-electron chi connectivity index (χ3n) is 4.89. The van der Waals surface area contributed by atoms with Crippen LogP contribution in [0.1, 0.15) is 28.8 Å². The molecule has 0 bridgehead atoms. The molecule has 1 aliphatic heterocycles. The predicted octanol–water partition coefficient (Wildman–Crippen LogP) is 1.72. The first-order valence-corrected chi connectivity index (χ1v) is 8.78. The molecule has 0 N–H and O–H groups in total. The third kappa shape index (κ3) is 3.35. The minimum atomic E-state index is 0.0663. The van der Waals surface area contributed by atoms with Crippen LogP contribution < -0.4 is 0 Å². The lowest BCUT2D eigenvalue weighted by atomic mass is 9.96. The number of hydrogen-bond acceptors (Lipinski definition) is 5. The molecule has 4 rings (SSSR count). The zero-order chi connectivity index (χ0) is 17.9. The minimum Gasteiger partial charge on any atom is -0.339 e. The highest BCUT2D eigenvalue weighted by Gasteiger charge is 2.26. The van der Waals surface area contributed by atoms with Crippen molar-refractivity contribution in [3.63, 3.8) is 0 Å². The number of rotatable bonds is 4. The monoisotopic (exact) mass is 351 g/mol. The number of piperidine rings is 1. The molecule has 3 heterocycles. The lowest BCUT2D eigenvalue weighted by Crippen LogP contribution is -2.39. The summed E-state index contributed by atoms with van der Waals surface area (Å²) in [7, 11) is 0. The Morgan fingerprint density at radius 3 is 2.62 bits per heavy atom. The number of carbonyl (C=O) groups excluding carboxylic acids is 1. The Balaban J connectivity index is 1.48. The first-order chi connectivity index (χ1) is 12.7. The van der Waals surface area contributed by atoms with E-state index in [1.807, 2.05) is 34.7 Å². The van der Waals surface area contributed by atoms with Gasteiger partial charge in [-0.15, -0.1) is 10.2 Å². The van der Waals surface area contributed by atoms with Gasteiger partial charge < -0.3 is 4.90 Å². The normalized spacial score (nSPS) is 15.3. The molecule has 8 heteroatoms. The number of nitrogens with zero attached hydrogens (tertiary/aromatic N) is 7. The quantitative estimate of drug-likeness (QED) is 0.715. The zero-order valence-electron chi connectivity index (χ0n) is 14.7. The van der Waals surface area contributed by atoms with Crippen molar-refractivity contribution in [2.45, 2.75) is 26.3 Å². The fourth-order valence-corrected chi connectivity index (χ4v) is 3.45. The molecule has 0 aliphatic carbocycles. The van der Waals surface area contributed by atoms with Gasteiger partial charge in [0.15, 0.2) is 0 Å². The van der Waals surface area contributed by atoms with Gasteiger partial charge in [-0.05, 0) is 37.8 Å². The Bertz CT molecular complexity index is 865. The predicted molar refractivity (Wildman–Crippen MR) is 94.7 cm³/mol. The number of hydrogen-bond donors (Lipinski definition) is 0. The molecule has 0 saturated carbocycles. The topological polar surface area (TPSA) is 81.7 Å². The van der Waals surface area contributed by atoms with E-state index in [4.69, 9.17) is 0 Å². The average Bonchev–Trinajstić information content (AvgIpc) is 3.36. The molecule has 1 aliphatic rings. The maximum absolute atomic E-state index is 13.1. The number of aromatic nitrogens is 6. The fraction of sp³-hybridized carbons (Fsp3) is 0.389. The first-order valence-electron chi connectivity index (χ1n) is 8.78. The van der Waals surface area contributed by atoms with Crippen LogP contribution in [-0.4, -0.2) is 53.4 Å². The molecule has 1 saturated heterocycles. The number of benzene rings is 1. The zero-order valence-corrected chi connectivity index (χ0v) is 14.7. The van der Waals surface area contributed by atoms with E-state index in [-0.39, 0.29) is 5.91 Å². The second-order valence-corrected chi connectivity index (χ2v) is 6.74. The fourth-order valence-electron chi connectivity index (χ4n) is 3.45. The molecule has 0 unspecified atom stereocenters. The van der Waals surface area contributed by atoms with Crippen molar-refractivity contribution in [2.75, 3.05) is 13.1 Å². The maximum atomic E-state index is 13.1. The molecule has 1 aromatic carbocycles. The van der Waals surface area contributed by atoms with Crippen LogP contribution in [0.25, 0.3) is 5.69 Å². The molecule has 1 amide bonds. The van der Waals surface area contributed by atoms with Crippen LogP contribution in [0.4, 0.5) is 0 Å². The van der Waals surface area contributed by atoms with Gasteiger partial charge in [0.25, 0.3) is 5.91 Å². The maximum Gasteiger partial charge on any atom is 0.255 e. The van der Waals surface area contributed by atoms with E-state index in [0.717, 1.165) is 43.7 Å². The first kappa shape index (κ1) is 16.4. The van der Waals surface area contributed by atoms with Gasteiger partial charge in [0.1, 0.15) is 25.3 Å². The summed E-state index contributed by atoms with van der Waals surface area (Å²) in [6.45, 7) is 4.37. The highest BCUT2D eigenvalue weighted by molar-refractivity contribution is 5.98. The van der Waals surface area contributed by atoms with E-state index in [2.05, 4.69) is 20.3 Å². The van der Waals surface area contributed by atoms with Gasteiger partial charge in [-0.2, -0.15) is 5.10 Å². The molecule has 3 aromatic rings. The Kier molecular flexibility index (Phi) is 4.47. The van der Waals surface area contributed by atoms with Gasteiger partial charge in [0, 0.05) is 19.6 Å². The number of likely N-dealkylation sites (tertiary alicyclic amines) is 1. The standard InChI is InChI=1S/C18H21N7O/c1-14-2-3-17(24-12-20-21-13-24)16(8-14)18(26)23-6-4-15(5-7-23)9-25-11-19-10-22-25/h2-3,8,10-13,15H,4-7,9H2,1H3. The lowest BCUT2D eigenvalue weighted by molar-refractivity contribution is 0.0681. The minimum absolute atomic E-state index is 0.0663. The van der Waals surface area contributed by atoms with Gasteiger partial charge in [-0.1, -0.05) is 11.6 Å². The third-order valence-corrected chi connectivity index (χ3v) is 4.89. The van der Waals surface area contributed by atoms with Crippen LogP contribution in [0, 0.1) is 12.8 Å². The summed E-state index contributed by atoms with van der Waals surface area (Å²) in [5.74, 6) is 0.590. The summed E-state index contributed by atoms with van der Waals surface area (Å²) in [6, 6.07) is 5.89. The molecule has 2 aromatic heterocycles. The number of carbonyl (C=O) groups is 1. The van der Waals surface area contributed by atoms with Crippen molar-refractivity contribution >= 4 is 5.91 Å². The largest absolute Gasteiger partial charge is 0.339 e. The van der Waals surface area contributed by atoms with E-state index < -0.39 is 0 Å². The molecule has 134 valence electrons. The van der Waals surface area contributed by atoms with Gasteiger partial charge in [-0.25, -0.2) is 4.98 Å². The van der Waals surface area contributed by atoms with Gasteiger partial charge in [0.2, 0.25) is 0 Å². The van der Waals surface area contributed by atoms with Crippen molar-refractivity contribution in [1.82, 2.24) is 34.4 Å². The molecule has 1 fully saturated rings. The summed E-state index contributed by atoms with van der Waals surface area (Å²) in [5, 5.41) is 11.9. The molecule has 8 nitrogen and oxygen atoms in total. The number of aryl methyl sites for hydroxylation is 1. The van der Waals surface area contributed by atoms with Crippen LogP contribution >= 0.6 is 0 Å². The Hall–Kier alpha value is -3.03. The molecule has 26 heavy (non-hydrogen) atoms. The summed E-state index contributed by atoms with van der Waals surface area (Å²) in [4.78, 5) is 19.1. The molecule has 0 radical (unpaired) electrons. The molecule has 0 atom stereocenters. The van der Waals surface area contributed by atoms with Crippen LogP contribution in [0.15, 0.2) is 43.5 Å². The van der Waals surface area contributed by atoms with Crippen molar-refractivity contribution in [2.24, 2.45) is 5.92 Å². The smallest absolute Gasteiger partial charge is 0.255 e. The van der Waals surface area contributed by atoms with E-state index in [0.29, 0.717) is 11.5 Å². The van der Waals surface area contributed by atoms with Crippen LogP contribution in [0.5, 0.6) is 0 Å². The van der Waals surface area contributed by atoms with Gasteiger partial charge in [0.05, 0.1) is 11.3 Å². The number of amides is 1. The van der Waals surface area contributed by atoms with E-state index in [1.165, 1.54) is 0 Å². The van der Waals surface area contributed by atoms with Crippen LogP contribution in [0.3, 0.4) is 0 Å². The van der Waals surface area contributed by atoms with Crippen molar-refractivity contribution in [3.8, 4) is 5.69 Å².